The van der Waals surface area contributed by atoms with Crippen molar-refractivity contribution in [2.45, 2.75) is 4.90 Å². The van der Waals surface area contributed by atoms with E-state index in [9.17, 15) is 23.3 Å². The lowest BCUT2D eigenvalue weighted by Gasteiger charge is -2.11. The molecule has 11 heteroatoms. The van der Waals surface area contributed by atoms with Crippen molar-refractivity contribution < 1.29 is 18.1 Å². The minimum atomic E-state index is -4.14. The van der Waals surface area contributed by atoms with Gasteiger partial charge in [0.15, 0.2) is 5.11 Å². The third-order valence-electron chi connectivity index (χ3n) is 4.02. The molecule has 0 aliphatic heterocycles. The van der Waals surface area contributed by atoms with E-state index in [1.165, 1.54) is 36.4 Å². The van der Waals surface area contributed by atoms with Crippen LogP contribution < -0.4 is 15.4 Å². The van der Waals surface area contributed by atoms with Gasteiger partial charge in [-0.1, -0.05) is 18.2 Å². The number of carbonyl (C=O) groups excluding carboxylic acids is 1. The Morgan fingerprint density at radius 2 is 1.39 bits per heavy atom. The van der Waals surface area contributed by atoms with Gasteiger partial charge in [0.25, 0.3) is 21.6 Å². The number of hydrogen-bond donors (Lipinski definition) is 3. The lowest BCUT2D eigenvalue weighted by atomic mass is 10.2. The van der Waals surface area contributed by atoms with E-state index in [2.05, 4.69) is 10.6 Å². The molecule has 0 bridgehead atoms. The molecule has 0 aromatic heterocycles. The van der Waals surface area contributed by atoms with E-state index >= 15 is 0 Å². The number of hydrogen-bond acceptors (Lipinski definition) is 6. The average molecular weight is 457 g/mol. The van der Waals surface area contributed by atoms with Gasteiger partial charge in [-0.15, -0.1) is 0 Å². The Kier molecular flexibility index (Phi) is 6.58. The maximum Gasteiger partial charge on any atom is 0.269 e. The molecule has 31 heavy (non-hydrogen) atoms. The van der Waals surface area contributed by atoms with E-state index in [-0.39, 0.29) is 16.1 Å². The van der Waals surface area contributed by atoms with Gasteiger partial charge in [-0.05, 0) is 60.7 Å². The van der Waals surface area contributed by atoms with Crippen molar-refractivity contribution in [3.8, 4) is 0 Å². The van der Waals surface area contributed by atoms with Crippen LogP contribution in [0.15, 0.2) is 83.8 Å². The smallest absolute Gasteiger partial charge is 0.269 e. The minimum Gasteiger partial charge on any atom is -0.332 e. The van der Waals surface area contributed by atoms with Crippen molar-refractivity contribution in [2.75, 3.05) is 10.6 Å². The lowest BCUT2D eigenvalue weighted by Crippen LogP contribution is -2.30. The lowest BCUT2D eigenvalue weighted by molar-refractivity contribution is -0.384. The number of nitro groups is 1. The first-order valence-electron chi connectivity index (χ1n) is 8.79. The number of non-ortho nitro benzene ring substituents is 1. The van der Waals surface area contributed by atoms with Crippen molar-refractivity contribution >= 4 is 50.3 Å². The molecule has 3 rings (SSSR count). The van der Waals surface area contributed by atoms with E-state index < -0.39 is 20.9 Å². The molecular formula is C20H16N4O5S2. The highest BCUT2D eigenvalue weighted by Gasteiger charge is 2.19. The molecular weight excluding hydrogens is 440 g/mol. The molecule has 0 saturated heterocycles. The van der Waals surface area contributed by atoms with E-state index in [1.54, 1.807) is 0 Å². The predicted octanol–water partition coefficient (Wildman–Crippen LogP) is 3.52. The summed E-state index contributed by atoms with van der Waals surface area (Å²) in [5, 5.41) is 16.9. The van der Waals surface area contributed by atoms with Gasteiger partial charge in [0, 0.05) is 29.1 Å². The van der Waals surface area contributed by atoms with Gasteiger partial charge in [0.1, 0.15) is 0 Å². The fourth-order valence-corrected chi connectivity index (χ4v) is 3.72. The number of anilines is 2. The molecule has 0 fully saturated rings. The zero-order valence-electron chi connectivity index (χ0n) is 15.8. The van der Waals surface area contributed by atoms with E-state index in [0.717, 1.165) is 17.8 Å². The third-order valence-corrected chi connectivity index (χ3v) is 5.57. The molecule has 9 nitrogen and oxygen atoms in total. The summed E-state index contributed by atoms with van der Waals surface area (Å²) in [4.78, 5) is 22.1. The fourth-order valence-electron chi connectivity index (χ4n) is 2.51. The largest absolute Gasteiger partial charge is 0.332 e. The van der Waals surface area contributed by atoms with Crippen molar-refractivity contribution in [3.05, 3.63) is 94.5 Å². The number of benzene rings is 3. The van der Waals surface area contributed by atoms with E-state index in [0.29, 0.717) is 10.8 Å². The summed E-state index contributed by atoms with van der Waals surface area (Å²) in [5.41, 5.74) is 1.12. The number of thiocarbonyl (C=S) groups is 1. The highest BCUT2D eigenvalue weighted by Crippen LogP contribution is 2.16. The summed E-state index contributed by atoms with van der Waals surface area (Å²) in [6, 6.07) is 19.5. The second kappa shape index (κ2) is 9.32. The first-order valence-corrected chi connectivity index (χ1v) is 10.7. The Morgan fingerprint density at radius 3 is 1.94 bits per heavy atom. The number of nitro benzene ring substituents is 1. The van der Waals surface area contributed by atoms with Crippen LogP contribution in [0.4, 0.5) is 17.1 Å². The topological polar surface area (TPSA) is 130 Å². The molecule has 0 heterocycles. The summed E-state index contributed by atoms with van der Waals surface area (Å²) in [6.07, 6.45) is 0. The second-order valence-electron chi connectivity index (χ2n) is 6.21. The number of amides is 1. The molecule has 0 atom stereocenters. The van der Waals surface area contributed by atoms with Gasteiger partial charge in [-0.3, -0.25) is 14.9 Å². The molecule has 158 valence electrons. The van der Waals surface area contributed by atoms with Crippen molar-refractivity contribution in [3.63, 3.8) is 0 Å². The van der Waals surface area contributed by atoms with E-state index in [4.69, 9.17) is 12.2 Å². The number of carbonyl (C=O) groups is 1. The number of rotatable bonds is 6. The van der Waals surface area contributed by atoms with Crippen LogP contribution in [-0.2, 0) is 10.0 Å². The van der Waals surface area contributed by atoms with Crippen LogP contribution in [0.3, 0.4) is 0 Å². The summed E-state index contributed by atoms with van der Waals surface area (Å²) < 4.78 is 26.9. The summed E-state index contributed by atoms with van der Waals surface area (Å²) in [5.74, 6) is -0.898. The molecule has 3 aromatic rings. The van der Waals surface area contributed by atoms with Crippen molar-refractivity contribution in [2.24, 2.45) is 0 Å². The normalized spacial score (nSPS) is 10.7. The van der Waals surface area contributed by atoms with Crippen LogP contribution in [0, 0.1) is 10.1 Å². The van der Waals surface area contributed by atoms with Crippen molar-refractivity contribution in [1.29, 1.82) is 0 Å². The number of para-hydroxylation sites is 1. The first-order chi connectivity index (χ1) is 14.7. The van der Waals surface area contributed by atoms with Crippen LogP contribution in [0.1, 0.15) is 10.4 Å². The van der Waals surface area contributed by atoms with Crippen LogP contribution >= 0.6 is 12.2 Å². The van der Waals surface area contributed by atoms with Crippen LogP contribution in [0.5, 0.6) is 0 Å². The fraction of sp³-hybridized carbons (Fsp3) is 0. The molecule has 0 aliphatic rings. The second-order valence-corrected chi connectivity index (χ2v) is 8.30. The van der Waals surface area contributed by atoms with Gasteiger partial charge in [0.2, 0.25) is 0 Å². The van der Waals surface area contributed by atoms with Crippen LogP contribution in [0.2, 0.25) is 0 Å². The van der Waals surface area contributed by atoms with Crippen LogP contribution in [0.25, 0.3) is 0 Å². The highest BCUT2D eigenvalue weighted by molar-refractivity contribution is 7.90. The third kappa shape index (κ3) is 5.84. The molecule has 1 amide bonds. The Morgan fingerprint density at radius 1 is 0.839 bits per heavy atom. The zero-order chi connectivity index (χ0) is 22.4. The highest BCUT2D eigenvalue weighted by atomic mass is 32.2. The summed E-state index contributed by atoms with van der Waals surface area (Å²) in [7, 11) is -4.14. The molecule has 0 unspecified atom stereocenters. The standard InChI is InChI=1S/C20H16N4O5S2/c25-19(14-6-10-17(11-7-14)24(26)27)23-31(28,29)18-12-8-16(9-13-18)22-20(30)21-15-4-2-1-3-5-15/h1-13H,(H,23,25)(H2,21,22,30). The van der Waals surface area contributed by atoms with Crippen LogP contribution in [-0.4, -0.2) is 24.4 Å². The zero-order valence-corrected chi connectivity index (χ0v) is 17.4. The molecule has 0 spiro atoms. The van der Waals surface area contributed by atoms with Gasteiger partial charge >= 0.3 is 0 Å². The number of sulfonamides is 1. The molecule has 3 N–H and O–H groups in total. The monoisotopic (exact) mass is 456 g/mol. The summed E-state index contributed by atoms with van der Waals surface area (Å²) in [6.45, 7) is 0. The van der Waals surface area contributed by atoms with Gasteiger partial charge in [0.05, 0.1) is 9.82 Å². The first kappa shape index (κ1) is 21.9. The minimum absolute atomic E-state index is 0.0233. The molecule has 0 aliphatic carbocycles. The number of nitrogens with one attached hydrogen (secondary N) is 3. The van der Waals surface area contributed by atoms with Gasteiger partial charge in [-0.25, -0.2) is 13.1 Å². The Bertz CT molecular complexity index is 1210. The molecule has 0 saturated carbocycles. The number of nitrogens with zero attached hydrogens (tertiary/aromatic N) is 1. The van der Waals surface area contributed by atoms with E-state index in [1.807, 2.05) is 35.1 Å². The van der Waals surface area contributed by atoms with Gasteiger partial charge in [-0.2, -0.15) is 0 Å². The SMILES string of the molecule is O=C(NS(=O)(=O)c1ccc(NC(=S)Nc2ccccc2)cc1)c1ccc([N+](=O)[O-])cc1. The maximum absolute atomic E-state index is 12.5. The Balaban J connectivity index is 1.64. The molecule has 0 radical (unpaired) electrons. The van der Waals surface area contributed by atoms with Gasteiger partial charge < -0.3 is 10.6 Å². The quantitative estimate of drug-likeness (QED) is 0.292. The maximum atomic E-state index is 12.5. The summed E-state index contributed by atoms with van der Waals surface area (Å²) >= 11 is 5.22. The van der Waals surface area contributed by atoms with Crippen molar-refractivity contribution in [1.82, 2.24) is 4.72 Å². The molecule has 3 aromatic carbocycles. The predicted molar refractivity (Wildman–Crippen MR) is 120 cm³/mol. The Hall–Kier alpha value is -3.83. The average Bonchev–Trinajstić information content (AvgIpc) is 2.74. The Labute approximate surface area is 183 Å².